The van der Waals surface area contributed by atoms with Crippen molar-refractivity contribution in [1.82, 2.24) is 24.3 Å². The minimum absolute atomic E-state index is 0.0664. The van der Waals surface area contributed by atoms with Crippen molar-refractivity contribution in [2.24, 2.45) is 0 Å². The first-order chi connectivity index (χ1) is 17.3. The summed E-state index contributed by atoms with van der Waals surface area (Å²) in [5.74, 6) is -3.76. The molecule has 0 aromatic carbocycles. The van der Waals surface area contributed by atoms with Gasteiger partial charge in [0.1, 0.15) is 6.61 Å². The van der Waals surface area contributed by atoms with Gasteiger partial charge in [0.25, 0.3) is 0 Å². The van der Waals surface area contributed by atoms with Gasteiger partial charge in [-0.2, -0.15) is 22.8 Å². The van der Waals surface area contributed by atoms with Gasteiger partial charge < -0.3 is 14.6 Å². The minimum Gasteiger partial charge on any atom is -0.481 e. The summed E-state index contributed by atoms with van der Waals surface area (Å²) in [6.07, 6.45) is -6.52. The van der Waals surface area contributed by atoms with Crippen molar-refractivity contribution in [2.45, 2.75) is 52.6 Å². The summed E-state index contributed by atoms with van der Waals surface area (Å²) < 4.78 is 66.5. The van der Waals surface area contributed by atoms with E-state index in [9.17, 15) is 27.9 Å². The number of halogens is 5. The van der Waals surface area contributed by atoms with E-state index in [4.69, 9.17) is 21.1 Å². The lowest BCUT2D eigenvalue weighted by Crippen LogP contribution is -2.32. The Morgan fingerprint density at radius 3 is 2.51 bits per heavy atom. The molecule has 0 aliphatic rings. The third kappa shape index (κ3) is 5.59. The summed E-state index contributed by atoms with van der Waals surface area (Å²) in [7, 11) is 1.35. The Morgan fingerprint density at radius 2 is 1.97 bits per heavy atom. The van der Waals surface area contributed by atoms with E-state index in [-0.39, 0.29) is 28.8 Å². The van der Waals surface area contributed by atoms with Gasteiger partial charge in [0.05, 0.1) is 17.7 Å². The predicted octanol–water partition coefficient (Wildman–Crippen LogP) is 3.20. The number of Topliss-reactive ketones (excluding diaryl/α,β-unsaturated/α-hetero) is 1. The van der Waals surface area contributed by atoms with Crippen LogP contribution in [0.3, 0.4) is 0 Å². The van der Waals surface area contributed by atoms with Gasteiger partial charge in [-0.25, -0.2) is 14.2 Å². The molecule has 0 amide bonds. The van der Waals surface area contributed by atoms with Gasteiger partial charge in [-0.05, 0) is 32.4 Å². The van der Waals surface area contributed by atoms with Crippen molar-refractivity contribution in [1.29, 1.82) is 0 Å². The number of aliphatic hydroxyl groups is 1. The number of aromatic nitrogens is 5. The molecule has 1 N–H and O–H groups in total. The zero-order valence-electron chi connectivity index (χ0n) is 20.1. The van der Waals surface area contributed by atoms with Crippen LogP contribution < -0.4 is 15.2 Å². The van der Waals surface area contributed by atoms with Gasteiger partial charge in [0, 0.05) is 24.7 Å². The lowest BCUT2D eigenvalue weighted by atomic mass is 10.0. The molecule has 0 aliphatic heterocycles. The third-order valence-corrected chi connectivity index (χ3v) is 5.78. The van der Waals surface area contributed by atoms with Gasteiger partial charge >= 0.3 is 11.9 Å². The molecule has 0 saturated carbocycles. The molecule has 0 unspecified atom stereocenters. The Balaban J connectivity index is 2.16. The number of ketones is 1. The Labute approximate surface area is 212 Å². The van der Waals surface area contributed by atoms with Crippen LogP contribution >= 0.6 is 11.6 Å². The number of rotatable bonds is 9. The Morgan fingerprint density at radius 1 is 1.30 bits per heavy atom. The molecule has 3 rings (SSSR count). The largest absolute Gasteiger partial charge is 0.481 e. The van der Waals surface area contributed by atoms with Crippen molar-refractivity contribution >= 4 is 17.4 Å². The number of pyridine rings is 2. The standard InChI is InChI=1S/C22H22ClF4N5O5/c1-5-31-17(9-33)30-32(21(31)35)18-15(24)6-13(20(29-18)37-11(3)22(25,26)27)16(34)7-12-10(2)19(36-4)28-8-14(12)23/h6,8,11,33H,5,7,9H2,1-4H3/t11-/m0/s1. The maximum atomic E-state index is 15.2. The number of hydrogen-bond acceptors (Lipinski definition) is 8. The molecule has 0 aliphatic carbocycles. The van der Waals surface area contributed by atoms with E-state index in [2.05, 4.69) is 15.1 Å². The molecule has 15 heteroatoms. The highest BCUT2D eigenvalue weighted by atomic mass is 35.5. The fourth-order valence-corrected chi connectivity index (χ4v) is 3.68. The highest BCUT2D eigenvalue weighted by Crippen LogP contribution is 2.31. The van der Waals surface area contributed by atoms with Gasteiger partial charge in [0.2, 0.25) is 11.8 Å². The Bertz CT molecular complexity index is 1390. The summed E-state index contributed by atoms with van der Waals surface area (Å²) in [5.41, 5.74) is -0.872. The molecular formula is C22H22ClF4N5O5. The molecule has 0 saturated heterocycles. The number of aliphatic hydroxyl groups excluding tert-OH is 1. The Kier molecular flexibility index (Phi) is 8.22. The summed E-state index contributed by atoms with van der Waals surface area (Å²) in [6.45, 7) is 3.21. The molecule has 3 heterocycles. The van der Waals surface area contributed by atoms with Crippen LogP contribution in [0.5, 0.6) is 11.8 Å². The molecule has 0 fully saturated rings. The lowest BCUT2D eigenvalue weighted by molar-refractivity contribution is -0.190. The second-order valence-corrected chi connectivity index (χ2v) is 8.19. The number of carbonyl (C=O) groups excluding carboxylic acids is 1. The zero-order valence-corrected chi connectivity index (χ0v) is 20.8. The predicted molar refractivity (Wildman–Crippen MR) is 122 cm³/mol. The van der Waals surface area contributed by atoms with Crippen molar-refractivity contribution in [2.75, 3.05) is 7.11 Å². The van der Waals surface area contributed by atoms with E-state index in [1.54, 1.807) is 13.8 Å². The number of hydrogen-bond donors (Lipinski definition) is 1. The number of carbonyl (C=O) groups is 1. The molecular weight excluding hydrogens is 526 g/mol. The molecule has 10 nitrogen and oxygen atoms in total. The quantitative estimate of drug-likeness (QED) is 0.320. The van der Waals surface area contributed by atoms with E-state index in [1.165, 1.54) is 13.3 Å². The molecule has 37 heavy (non-hydrogen) atoms. The fourth-order valence-electron chi connectivity index (χ4n) is 3.42. The van der Waals surface area contributed by atoms with Crippen LogP contribution in [0, 0.1) is 12.7 Å². The SMILES string of the molecule is CCn1c(CO)nn(-c2nc(O[C@@H](C)C(F)(F)F)c(C(=O)Cc3c(Cl)cnc(OC)c3C)cc2F)c1=O. The van der Waals surface area contributed by atoms with Crippen LogP contribution in [0.4, 0.5) is 17.6 Å². The van der Waals surface area contributed by atoms with Gasteiger partial charge in [-0.3, -0.25) is 9.36 Å². The molecule has 1 atom stereocenters. The normalized spacial score (nSPS) is 12.5. The molecule has 200 valence electrons. The first-order valence-corrected chi connectivity index (χ1v) is 11.2. The number of ether oxygens (including phenoxy) is 2. The van der Waals surface area contributed by atoms with Crippen LogP contribution in [0.1, 0.15) is 41.2 Å². The molecule has 3 aromatic rings. The van der Waals surface area contributed by atoms with Crippen LogP contribution in [0.25, 0.3) is 5.82 Å². The van der Waals surface area contributed by atoms with E-state index >= 15 is 4.39 Å². The molecule has 0 spiro atoms. The molecule has 0 bridgehead atoms. The van der Waals surface area contributed by atoms with Crippen LogP contribution in [-0.4, -0.2) is 54.6 Å². The van der Waals surface area contributed by atoms with Crippen LogP contribution in [0.2, 0.25) is 5.02 Å². The zero-order chi connectivity index (χ0) is 27.7. The van der Waals surface area contributed by atoms with E-state index in [0.717, 1.165) is 4.57 Å². The van der Waals surface area contributed by atoms with Gasteiger partial charge in [0.15, 0.2) is 29.3 Å². The fraction of sp³-hybridized carbons (Fsp3) is 0.409. The second kappa shape index (κ2) is 10.8. The number of nitrogens with zero attached hydrogens (tertiary/aromatic N) is 5. The minimum atomic E-state index is -4.85. The van der Waals surface area contributed by atoms with Crippen molar-refractivity contribution in [3.05, 3.63) is 56.1 Å². The maximum Gasteiger partial charge on any atom is 0.425 e. The second-order valence-electron chi connectivity index (χ2n) is 7.78. The van der Waals surface area contributed by atoms with Gasteiger partial charge in [-0.1, -0.05) is 11.6 Å². The van der Waals surface area contributed by atoms with Gasteiger partial charge in [-0.15, -0.1) is 5.10 Å². The summed E-state index contributed by atoms with van der Waals surface area (Å²) in [6, 6.07) is 0.612. The maximum absolute atomic E-state index is 15.2. The van der Waals surface area contributed by atoms with E-state index < -0.39 is 59.9 Å². The highest BCUT2D eigenvalue weighted by molar-refractivity contribution is 6.31. The third-order valence-electron chi connectivity index (χ3n) is 5.46. The van der Waals surface area contributed by atoms with Crippen molar-refractivity contribution in [3.8, 4) is 17.6 Å². The average molecular weight is 548 g/mol. The number of alkyl halides is 3. The molecule has 3 aromatic heterocycles. The monoisotopic (exact) mass is 547 g/mol. The highest BCUT2D eigenvalue weighted by Gasteiger charge is 2.39. The summed E-state index contributed by atoms with van der Waals surface area (Å²) in [4.78, 5) is 33.5. The van der Waals surface area contributed by atoms with Crippen molar-refractivity contribution in [3.63, 3.8) is 0 Å². The van der Waals surface area contributed by atoms with Crippen molar-refractivity contribution < 1.29 is 36.9 Å². The van der Waals surface area contributed by atoms with Crippen LogP contribution in [0.15, 0.2) is 17.1 Å². The summed E-state index contributed by atoms with van der Waals surface area (Å²) in [5, 5.41) is 13.3. The van der Waals surface area contributed by atoms with E-state index in [1.807, 2.05) is 0 Å². The Hall–Kier alpha value is -3.52. The van der Waals surface area contributed by atoms with E-state index in [0.29, 0.717) is 23.2 Å². The molecule has 0 radical (unpaired) electrons. The first-order valence-electron chi connectivity index (χ1n) is 10.8. The topological polar surface area (TPSA) is 121 Å². The smallest absolute Gasteiger partial charge is 0.425 e. The number of methoxy groups -OCH3 is 1. The lowest BCUT2D eigenvalue weighted by Gasteiger charge is -2.19. The summed E-state index contributed by atoms with van der Waals surface area (Å²) >= 11 is 6.16. The first kappa shape index (κ1) is 28.1. The van der Waals surface area contributed by atoms with Crippen LogP contribution in [-0.2, 0) is 19.6 Å². The average Bonchev–Trinajstić information content (AvgIpc) is 3.16.